The van der Waals surface area contributed by atoms with Crippen molar-refractivity contribution < 1.29 is 5.11 Å². The van der Waals surface area contributed by atoms with Crippen molar-refractivity contribution in [1.82, 2.24) is 0 Å². The number of rotatable bonds is 6. The van der Waals surface area contributed by atoms with Gasteiger partial charge in [-0.3, -0.25) is 0 Å². The average molecular weight is 355 g/mol. The summed E-state index contributed by atoms with van der Waals surface area (Å²) in [5.41, 5.74) is 3.50. The van der Waals surface area contributed by atoms with Crippen LogP contribution in [0.1, 0.15) is 17.5 Å². The molecular formula is C16H17BrClNO. The molecule has 0 radical (unpaired) electrons. The number of nitrogens with one attached hydrogen (secondary N) is 1. The van der Waals surface area contributed by atoms with Crippen LogP contribution in [0.5, 0.6) is 0 Å². The van der Waals surface area contributed by atoms with Crippen LogP contribution in [0, 0.1) is 0 Å². The van der Waals surface area contributed by atoms with Crippen molar-refractivity contribution in [2.45, 2.75) is 19.4 Å². The molecule has 106 valence electrons. The van der Waals surface area contributed by atoms with Crippen molar-refractivity contribution in [3.05, 3.63) is 63.1 Å². The van der Waals surface area contributed by atoms with Crippen molar-refractivity contribution in [3.8, 4) is 0 Å². The highest BCUT2D eigenvalue weighted by molar-refractivity contribution is 9.10. The number of hydrogen-bond donors (Lipinski definition) is 2. The number of aliphatic hydroxyl groups excluding tert-OH is 1. The van der Waals surface area contributed by atoms with E-state index in [9.17, 15) is 0 Å². The average Bonchev–Trinajstić information content (AvgIpc) is 2.47. The molecular weight excluding hydrogens is 338 g/mol. The molecule has 20 heavy (non-hydrogen) atoms. The first-order chi connectivity index (χ1) is 9.69. The summed E-state index contributed by atoms with van der Waals surface area (Å²) in [5, 5.41) is 13.0. The van der Waals surface area contributed by atoms with E-state index in [0.29, 0.717) is 0 Å². The van der Waals surface area contributed by atoms with Crippen LogP contribution in [0.3, 0.4) is 0 Å². The van der Waals surface area contributed by atoms with Crippen LogP contribution in [-0.4, -0.2) is 11.7 Å². The molecule has 0 saturated heterocycles. The zero-order valence-corrected chi connectivity index (χ0v) is 13.4. The highest BCUT2D eigenvalue weighted by atomic mass is 79.9. The lowest BCUT2D eigenvalue weighted by atomic mass is 10.1. The summed E-state index contributed by atoms with van der Waals surface area (Å²) in [4.78, 5) is 0. The van der Waals surface area contributed by atoms with Crippen LogP contribution in [-0.2, 0) is 13.0 Å². The molecule has 0 fully saturated rings. The fraction of sp³-hybridized carbons (Fsp3) is 0.250. The van der Waals surface area contributed by atoms with Crippen LogP contribution >= 0.6 is 27.5 Å². The summed E-state index contributed by atoms with van der Waals surface area (Å²) in [6, 6.07) is 14.2. The van der Waals surface area contributed by atoms with Crippen molar-refractivity contribution in [3.63, 3.8) is 0 Å². The molecule has 0 bridgehead atoms. The third-order valence-electron chi connectivity index (χ3n) is 3.03. The highest BCUT2D eigenvalue weighted by Crippen LogP contribution is 2.23. The molecule has 0 atom stereocenters. The van der Waals surface area contributed by atoms with E-state index < -0.39 is 0 Å². The standard InChI is InChI=1S/C16H17BrClNO/c17-15-10-13(6-7-16(15)18)11-19-14-5-1-3-12(9-14)4-2-8-20/h1,3,5-7,9-10,19-20H,2,4,8,11H2. The van der Waals surface area contributed by atoms with Gasteiger partial charge in [-0.2, -0.15) is 0 Å². The number of aryl methyl sites for hydroxylation is 1. The molecule has 0 aliphatic rings. The Kier molecular flexibility index (Phi) is 5.89. The fourth-order valence-electron chi connectivity index (χ4n) is 1.97. The lowest BCUT2D eigenvalue weighted by Gasteiger charge is -2.09. The predicted molar refractivity (Wildman–Crippen MR) is 88.3 cm³/mol. The molecule has 2 nitrogen and oxygen atoms in total. The Morgan fingerprint density at radius 2 is 1.95 bits per heavy atom. The molecule has 2 N–H and O–H groups in total. The van der Waals surface area contributed by atoms with E-state index in [4.69, 9.17) is 16.7 Å². The Morgan fingerprint density at radius 1 is 1.10 bits per heavy atom. The Morgan fingerprint density at radius 3 is 2.70 bits per heavy atom. The molecule has 0 saturated carbocycles. The summed E-state index contributed by atoms with van der Waals surface area (Å²) in [6.45, 7) is 0.982. The molecule has 0 aliphatic heterocycles. The van der Waals surface area contributed by atoms with E-state index in [-0.39, 0.29) is 6.61 Å². The zero-order chi connectivity index (χ0) is 14.4. The Balaban J connectivity index is 1.97. The van der Waals surface area contributed by atoms with Gasteiger partial charge in [0, 0.05) is 23.3 Å². The summed E-state index contributed by atoms with van der Waals surface area (Å²) >= 11 is 9.41. The first-order valence-electron chi connectivity index (χ1n) is 6.56. The van der Waals surface area contributed by atoms with Gasteiger partial charge in [0.1, 0.15) is 0 Å². The Bertz CT molecular complexity index is 574. The monoisotopic (exact) mass is 353 g/mol. The smallest absolute Gasteiger partial charge is 0.0548 e. The third kappa shape index (κ3) is 4.51. The quantitative estimate of drug-likeness (QED) is 0.792. The normalized spacial score (nSPS) is 10.6. The number of halogens is 2. The first kappa shape index (κ1) is 15.4. The largest absolute Gasteiger partial charge is 0.396 e. The van der Waals surface area contributed by atoms with Gasteiger partial charge in [0.25, 0.3) is 0 Å². The third-order valence-corrected chi connectivity index (χ3v) is 4.25. The minimum absolute atomic E-state index is 0.233. The second kappa shape index (κ2) is 7.67. The van der Waals surface area contributed by atoms with Gasteiger partial charge >= 0.3 is 0 Å². The lowest BCUT2D eigenvalue weighted by molar-refractivity contribution is 0.288. The van der Waals surface area contributed by atoms with Crippen molar-refractivity contribution in [2.24, 2.45) is 0 Å². The van der Waals surface area contributed by atoms with E-state index >= 15 is 0 Å². The number of anilines is 1. The molecule has 0 spiro atoms. The summed E-state index contributed by atoms with van der Waals surface area (Å²) in [7, 11) is 0. The van der Waals surface area contributed by atoms with Crippen LogP contribution in [0.2, 0.25) is 5.02 Å². The van der Waals surface area contributed by atoms with Crippen molar-refractivity contribution in [1.29, 1.82) is 0 Å². The van der Waals surface area contributed by atoms with E-state index in [1.54, 1.807) is 0 Å². The maximum Gasteiger partial charge on any atom is 0.0548 e. The number of hydrogen-bond acceptors (Lipinski definition) is 2. The molecule has 2 aromatic rings. The van der Waals surface area contributed by atoms with Gasteiger partial charge in [0.05, 0.1) is 5.02 Å². The fourth-order valence-corrected chi connectivity index (χ4v) is 2.52. The van der Waals surface area contributed by atoms with Crippen LogP contribution in [0.4, 0.5) is 5.69 Å². The second-order valence-corrected chi connectivity index (χ2v) is 5.89. The molecule has 0 unspecified atom stereocenters. The van der Waals surface area contributed by atoms with Crippen LogP contribution < -0.4 is 5.32 Å². The maximum atomic E-state index is 8.87. The van der Waals surface area contributed by atoms with Gasteiger partial charge in [-0.25, -0.2) is 0 Å². The van der Waals surface area contributed by atoms with E-state index in [1.165, 1.54) is 11.1 Å². The predicted octanol–water partition coefficient (Wildman–Crippen LogP) is 4.64. The van der Waals surface area contributed by atoms with Gasteiger partial charge in [0.15, 0.2) is 0 Å². The Labute approximate surface area is 132 Å². The van der Waals surface area contributed by atoms with Gasteiger partial charge in [-0.05, 0) is 64.2 Å². The van der Waals surface area contributed by atoms with Gasteiger partial charge in [-0.15, -0.1) is 0 Å². The van der Waals surface area contributed by atoms with Crippen molar-refractivity contribution in [2.75, 3.05) is 11.9 Å². The van der Waals surface area contributed by atoms with E-state index in [0.717, 1.165) is 34.6 Å². The highest BCUT2D eigenvalue weighted by Gasteiger charge is 2.00. The number of benzene rings is 2. The van der Waals surface area contributed by atoms with Crippen LogP contribution in [0.15, 0.2) is 46.9 Å². The topological polar surface area (TPSA) is 32.3 Å². The first-order valence-corrected chi connectivity index (χ1v) is 7.74. The minimum Gasteiger partial charge on any atom is -0.396 e. The molecule has 0 heterocycles. The summed E-state index contributed by atoms with van der Waals surface area (Å²) in [6.07, 6.45) is 1.70. The second-order valence-electron chi connectivity index (χ2n) is 4.63. The van der Waals surface area contributed by atoms with Gasteiger partial charge in [-0.1, -0.05) is 29.8 Å². The van der Waals surface area contributed by atoms with E-state index in [2.05, 4.69) is 33.4 Å². The summed E-state index contributed by atoms with van der Waals surface area (Å²) in [5.74, 6) is 0. The zero-order valence-electron chi connectivity index (χ0n) is 11.1. The van der Waals surface area contributed by atoms with Crippen LogP contribution in [0.25, 0.3) is 0 Å². The molecule has 2 aromatic carbocycles. The lowest BCUT2D eigenvalue weighted by Crippen LogP contribution is -2.00. The summed E-state index contributed by atoms with van der Waals surface area (Å²) < 4.78 is 0.912. The molecule has 0 aliphatic carbocycles. The minimum atomic E-state index is 0.233. The molecule has 4 heteroatoms. The number of aliphatic hydroxyl groups is 1. The van der Waals surface area contributed by atoms with E-state index in [1.807, 2.05) is 30.3 Å². The Hall–Kier alpha value is -1.03. The van der Waals surface area contributed by atoms with Crippen molar-refractivity contribution >= 4 is 33.2 Å². The van der Waals surface area contributed by atoms with Gasteiger partial charge < -0.3 is 10.4 Å². The molecule has 0 aromatic heterocycles. The molecule has 0 amide bonds. The maximum absolute atomic E-state index is 8.87. The molecule has 2 rings (SSSR count). The SMILES string of the molecule is OCCCc1cccc(NCc2ccc(Cl)c(Br)c2)c1. The van der Waals surface area contributed by atoms with Gasteiger partial charge in [0.2, 0.25) is 0 Å².